The average molecular weight is 316 g/mol. The third-order valence-corrected chi connectivity index (χ3v) is 7.01. The molecule has 0 bridgehead atoms. The number of hydrogen-bond acceptors (Lipinski definition) is 4. The largest absolute Gasteiger partial charge is 0.375 e. The summed E-state index contributed by atoms with van der Waals surface area (Å²) in [6.45, 7) is 4.69. The van der Waals surface area contributed by atoms with Crippen LogP contribution < -0.4 is 5.32 Å². The normalized spacial score (nSPS) is 45.6. The van der Waals surface area contributed by atoms with Gasteiger partial charge in [0.25, 0.3) is 0 Å². The maximum atomic E-state index is 12.3. The predicted octanol–water partition coefficient (Wildman–Crippen LogP) is 0.378. The van der Waals surface area contributed by atoms with Crippen molar-refractivity contribution in [2.75, 3.05) is 20.6 Å². The van der Waals surface area contributed by atoms with E-state index in [4.69, 9.17) is 0 Å². The van der Waals surface area contributed by atoms with Crippen molar-refractivity contribution in [3.63, 3.8) is 0 Å². The first-order chi connectivity index (χ1) is 9.63. The Balaban J connectivity index is 2.11. The Morgan fingerprint density at radius 3 is 2.62 bits per heavy atom. The Morgan fingerprint density at radius 1 is 1.52 bits per heavy atom. The number of fused-ring (bicyclic) bond motifs is 1. The summed E-state index contributed by atoms with van der Waals surface area (Å²) in [5, 5.41) is 3.29. The fraction of sp³-hybridized carbons (Fsp3) is 0.692. The molecule has 0 aromatic rings. The number of nitrogens with one attached hydrogen (secondary N) is 1. The fourth-order valence-electron chi connectivity index (χ4n) is 4.07. The standard InChI is InChI=1S/C13H23N4O3S/c1-5-13-10-17(13,8-6-14-13)12(21(18,19)20)16(4)9-7-15(3)11(16)2/h6-9,11-12,14H,5,10H2,1-4H3/q+1/p+1. The molecule has 3 rings (SSSR count). The minimum Gasteiger partial charge on any atom is -0.330 e. The summed E-state index contributed by atoms with van der Waals surface area (Å²) in [6.07, 6.45) is 8.18. The van der Waals surface area contributed by atoms with Gasteiger partial charge in [-0.15, -0.1) is 0 Å². The second-order valence-electron chi connectivity index (χ2n) is 6.59. The van der Waals surface area contributed by atoms with Gasteiger partial charge < -0.3 is 10.2 Å². The first kappa shape index (κ1) is 14.8. The Bertz CT molecular complexity index is 631. The molecule has 2 N–H and O–H groups in total. The van der Waals surface area contributed by atoms with Crippen molar-refractivity contribution >= 4 is 10.1 Å². The lowest BCUT2D eigenvalue weighted by Gasteiger charge is -2.41. The van der Waals surface area contributed by atoms with Gasteiger partial charge in [0.2, 0.25) is 5.66 Å². The molecule has 3 heterocycles. The van der Waals surface area contributed by atoms with Crippen LogP contribution in [-0.2, 0) is 10.1 Å². The highest BCUT2D eigenvalue weighted by Crippen LogP contribution is 2.53. The zero-order valence-corrected chi connectivity index (χ0v) is 13.7. The molecule has 21 heavy (non-hydrogen) atoms. The molecule has 8 heteroatoms. The van der Waals surface area contributed by atoms with Crippen LogP contribution in [0, 0.1) is 0 Å². The Morgan fingerprint density at radius 2 is 2.19 bits per heavy atom. The van der Waals surface area contributed by atoms with Gasteiger partial charge in [-0.05, 0) is 0 Å². The van der Waals surface area contributed by atoms with E-state index in [2.05, 4.69) is 5.32 Å². The van der Waals surface area contributed by atoms with Crippen molar-refractivity contribution in [3.05, 3.63) is 24.8 Å². The lowest BCUT2D eigenvalue weighted by atomic mass is 10.2. The molecular formula is C13H24N4O3S+2. The third-order valence-electron chi connectivity index (χ3n) is 5.65. The van der Waals surface area contributed by atoms with Crippen molar-refractivity contribution in [2.45, 2.75) is 37.6 Å². The van der Waals surface area contributed by atoms with E-state index < -0.39 is 15.6 Å². The van der Waals surface area contributed by atoms with Crippen LogP contribution in [0.4, 0.5) is 0 Å². The first-order valence-corrected chi connectivity index (χ1v) is 8.69. The molecule has 0 spiro atoms. The highest BCUT2D eigenvalue weighted by Gasteiger charge is 2.81. The summed E-state index contributed by atoms with van der Waals surface area (Å²) in [6, 6.07) is 0. The molecule has 5 atom stereocenters. The van der Waals surface area contributed by atoms with Gasteiger partial charge >= 0.3 is 15.6 Å². The molecule has 3 aliphatic heterocycles. The van der Waals surface area contributed by atoms with Crippen molar-refractivity contribution in [2.24, 2.45) is 0 Å². The molecule has 0 radical (unpaired) electrons. The van der Waals surface area contributed by atoms with Gasteiger partial charge in [0, 0.05) is 20.4 Å². The van der Waals surface area contributed by atoms with Crippen molar-refractivity contribution in [1.82, 2.24) is 10.2 Å². The number of rotatable bonds is 4. The topological polar surface area (TPSA) is 69.6 Å². The second kappa shape index (κ2) is 4.01. The monoisotopic (exact) mass is 316 g/mol. The Hall–Kier alpha value is -1.09. The quantitative estimate of drug-likeness (QED) is 0.446. The smallest absolute Gasteiger partial charge is 0.330 e. The van der Waals surface area contributed by atoms with Gasteiger partial charge in [-0.1, -0.05) is 6.92 Å². The minimum atomic E-state index is -4.24. The molecule has 0 amide bonds. The van der Waals surface area contributed by atoms with Crippen molar-refractivity contribution < 1.29 is 21.9 Å². The van der Waals surface area contributed by atoms with Crippen LogP contribution in [0.5, 0.6) is 0 Å². The SMILES string of the molecule is CCC12C[N+]1(C([N+]1(C)C=CN(C)C1C)S(=O)(=O)O)C=CN2. The van der Waals surface area contributed by atoms with Gasteiger partial charge in [0.05, 0.1) is 19.4 Å². The molecule has 0 aliphatic carbocycles. The summed E-state index contributed by atoms with van der Waals surface area (Å²) in [7, 11) is -0.458. The van der Waals surface area contributed by atoms with Crippen LogP contribution in [0.25, 0.3) is 0 Å². The van der Waals surface area contributed by atoms with Gasteiger partial charge in [0.1, 0.15) is 12.4 Å². The molecule has 1 saturated heterocycles. The number of hydrogen-bond donors (Lipinski definition) is 2. The summed E-state index contributed by atoms with van der Waals surface area (Å²) >= 11 is 0. The Kier molecular flexibility index (Phi) is 2.83. The van der Waals surface area contributed by atoms with Crippen LogP contribution in [0.15, 0.2) is 24.8 Å². The molecule has 0 saturated carbocycles. The maximum absolute atomic E-state index is 12.3. The van der Waals surface area contributed by atoms with Gasteiger partial charge in [-0.2, -0.15) is 12.9 Å². The number of quaternary nitrogens is 2. The minimum absolute atomic E-state index is 0.0615. The second-order valence-corrected chi connectivity index (χ2v) is 8.04. The van der Waals surface area contributed by atoms with Gasteiger partial charge in [-0.3, -0.25) is 4.55 Å². The molecule has 1 fully saturated rings. The van der Waals surface area contributed by atoms with E-state index in [1.807, 2.05) is 57.6 Å². The van der Waals surface area contributed by atoms with Crippen LogP contribution in [0.1, 0.15) is 20.3 Å². The molecular weight excluding hydrogens is 292 g/mol. The van der Waals surface area contributed by atoms with E-state index in [1.54, 1.807) is 0 Å². The summed E-state index contributed by atoms with van der Waals surface area (Å²) in [5.74, 6) is 0. The fourth-order valence-corrected chi connectivity index (χ4v) is 5.72. The third kappa shape index (κ3) is 1.67. The van der Waals surface area contributed by atoms with Crippen LogP contribution in [0.2, 0.25) is 0 Å². The van der Waals surface area contributed by atoms with Gasteiger partial charge in [0.15, 0.2) is 12.7 Å². The maximum Gasteiger partial charge on any atom is 0.375 e. The Labute approximate surface area is 126 Å². The van der Waals surface area contributed by atoms with E-state index in [0.29, 0.717) is 6.54 Å². The zero-order chi connectivity index (χ0) is 15.7. The average Bonchev–Trinajstić information content (AvgIpc) is 2.76. The molecule has 3 aliphatic rings. The summed E-state index contributed by atoms with van der Waals surface area (Å²) < 4.78 is 34.9. The predicted molar refractivity (Wildman–Crippen MR) is 78.3 cm³/mol. The highest BCUT2D eigenvalue weighted by atomic mass is 32.2. The van der Waals surface area contributed by atoms with E-state index in [-0.39, 0.29) is 20.8 Å². The van der Waals surface area contributed by atoms with Crippen LogP contribution >= 0.6 is 0 Å². The lowest BCUT2D eigenvalue weighted by Crippen LogP contribution is -2.66. The van der Waals surface area contributed by atoms with E-state index in [1.165, 1.54) is 0 Å². The molecule has 0 aromatic heterocycles. The summed E-state index contributed by atoms with van der Waals surface area (Å²) in [4.78, 5) is 1.97. The van der Waals surface area contributed by atoms with E-state index >= 15 is 0 Å². The summed E-state index contributed by atoms with van der Waals surface area (Å²) in [5.41, 5.74) is -1.25. The molecule has 0 aromatic carbocycles. The molecule has 118 valence electrons. The molecule has 7 nitrogen and oxygen atoms in total. The molecule has 5 unspecified atom stereocenters. The van der Waals surface area contributed by atoms with Gasteiger partial charge in [-0.25, -0.2) is 4.48 Å². The zero-order valence-electron chi connectivity index (χ0n) is 12.9. The van der Waals surface area contributed by atoms with Crippen molar-refractivity contribution in [1.29, 1.82) is 0 Å². The number of nitrogens with zero attached hydrogens (tertiary/aromatic N) is 3. The lowest BCUT2D eigenvalue weighted by molar-refractivity contribution is -1.04. The van der Waals surface area contributed by atoms with E-state index in [0.717, 1.165) is 6.42 Å². The van der Waals surface area contributed by atoms with E-state index in [9.17, 15) is 13.0 Å². The van der Waals surface area contributed by atoms with Crippen LogP contribution in [0.3, 0.4) is 0 Å². The van der Waals surface area contributed by atoms with Crippen molar-refractivity contribution in [3.8, 4) is 0 Å². The van der Waals surface area contributed by atoms with Crippen LogP contribution in [-0.4, -0.2) is 64.8 Å². The highest BCUT2D eigenvalue weighted by molar-refractivity contribution is 7.86. The first-order valence-electron chi connectivity index (χ1n) is 7.19.